The molecule has 0 amide bonds. The van der Waals surface area contributed by atoms with Crippen molar-refractivity contribution in [2.45, 2.75) is 38.3 Å². The standard InChI is InChI=1S/C12H19NO2/c1-9(7-11-3-2-6-15-11)13-8-12(14)10-4-5-10/h2-3,6,9-10,12-14H,4-5,7-8H2,1H3. The molecule has 2 N–H and O–H groups in total. The predicted molar refractivity (Wildman–Crippen MR) is 58.6 cm³/mol. The average Bonchev–Trinajstić information content (AvgIpc) is 2.95. The fraction of sp³-hybridized carbons (Fsp3) is 0.667. The monoisotopic (exact) mass is 209 g/mol. The highest BCUT2D eigenvalue weighted by Crippen LogP contribution is 2.32. The Morgan fingerprint density at radius 3 is 3.00 bits per heavy atom. The summed E-state index contributed by atoms with van der Waals surface area (Å²) < 4.78 is 5.27. The van der Waals surface area contributed by atoms with Crippen molar-refractivity contribution in [1.82, 2.24) is 5.32 Å². The van der Waals surface area contributed by atoms with E-state index in [-0.39, 0.29) is 6.10 Å². The van der Waals surface area contributed by atoms with Crippen molar-refractivity contribution in [3.8, 4) is 0 Å². The summed E-state index contributed by atoms with van der Waals surface area (Å²) in [6, 6.07) is 4.24. The molecule has 0 radical (unpaired) electrons. The molecule has 0 saturated heterocycles. The molecule has 1 aromatic heterocycles. The topological polar surface area (TPSA) is 45.4 Å². The van der Waals surface area contributed by atoms with Gasteiger partial charge in [-0.25, -0.2) is 0 Å². The molecule has 3 nitrogen and oxygen atoms in total. The van der Waals surface area contributed by atoms with Gasteiger partial charge in [-0.3, -0.25) is 0 Å². The van der Waals surface area contributed by atoms with Gasteiger partial charge >= 0.3 is 0 Å². The lowest BCUT2D eigenvalue weighted by Gasteiger charge is -2.15. The van der Waals surface area contributed by atoms with Crippen molar-refractivity contribution in [2.75, 3.05) is 6.54 Å². The molecule has 0 spiro atoms. The molecular formula is C12H19NO2. The third-order valence-electron chi connectivity index (χ3n) is 2.93. The largest absolute Gasteiger partial charge is 0.469 e. The van der Waals surface area contributed by atoms with Crippen LogP contribution in [0.3, 0.4) is 0 Å². The van der Waals surface area contributed by atoms with Gasteiger partial charge in [-0.15, -0.1) is 0 Å². The van der Waals surface area contributed by atoms with Gasteiger partial charge in [0.2, 0.25) is 0 Å². The minimum Gasteiger partial charge on any atom is -0.469 e. The number of rotatable bonds is 6. The third kappa shape index (κ3) is 3.36. The maximum absolute atomic E-state index is 9.68. The van der Waals surface area contributed by atoms with E-state index in [4.69, 9.17) is 4.42 Å². The number of hydrogen-bond donors (Lipinski definition) is 2. The Balaban J connectivity index is 1.65. The summed E-state index contributed by atoms with van der Waals surface area (Å²) in [6.45, 7) is 2.81. The Kier molecular flexibility index (Phi) is 3.44. The molecule has 1 aromatic rings. The molecule has 15 heavy (non-hydrogen) atoms. The minimum absolute atomic E-state index is 0.163. The van der Waals surface area contributed by atoms with E-state index < -0.39 is 0 Å². The zero-order chi connectivity index (χ0) is 10.7. The molecule has 2 rings (SSSR count). The summed E-state index contributed by atoms with van der Waals surface area (Å²) >= 11 is 0. The first kappa shape index (κ1) is 10.7. The molecular weight excluding hydrogens is 190 g/mol. The second kappa shape index (κ2) is 4.81. The lowest BCUT2D eigenvalue weighted by Crippen LogP contribution is -2.35. The highest BCUT2D eigenvalue weighted by molar-refractivity contribution is 5.00. The smallest absolute Gasteiger partial charge is 0.105 e. The summed E-state index contributed by atoms with van der Waals surface area (Å²) in [6.07, 6.45) is 4.79. The first-order valence-electron chi connectivity index (χ1n) is 5.69. The first-order valence-corrected chi connectivity index (χ1v) is 5.69. The van der Waals surface area contributed by atoms with E-state index in [1.807, 2.05) is 12.1 Å². The Labute approximate surface area is 90.5 Å². The molecule has 0 bridgehead atoms. The van der Waals surface area contributed by atoms with Crippen LogP contribution in [-0.4, -0.2) is 23.8 Å². The summed E-state index contributed by atoms with van der Waals surface area (Å²) in [5.74, 6) is 1.55. The van der Waals surface area contributed by atoms with Gasteiger partial charge in [0.1, 0.15) is 5.76 Å². The molecule has 1 heterocycles. The van der Waals surface area contributed by atoms with Crippen molar-refractivity contribution in [1.29, 1.82) is 0 Å². The number of aliphatic hydroxyl groups excluding tert-OH is 1. The van der Waals surface area contributed by atoms with E-state index in [9.17, 15) is 5.11 Å². The van der Waals surface area contributed by atoms with E-state index in [0.717, 1.165) is 12.2 Å². The fourth-order valence-electron chi connectivity index (χ4n) is 1.77. The van der Waals surface area contributed by atoms with Crippen LogP contribution in [0.15, 0.2) is 22.8 Å². The SMILES string of the molecule is CC(Cc1ccco1)NCC(O)C1CC1. The van der Waals surface area contributed by atoms with Crippen LogP contribution in [0.2, 0.25) is 0 Å². The molecule has 1 aliphatic carbocycles. The molecule has 1 saturated carbocycles. The Morgan fingerprint density at radius 1 is 1.60 bits per heavy atom. The van der Waals surface area contributed by atoms with Crippen LogP contribution in [0, 0.1) is 5.92 Å². The molecule has 3 heteroatoms. The number of nitrogens with one attached hydrogen (secondary N) is 1. The van der Waals surface area contributed by atoms with Crippen molar-refractivity contribution in [3.05, 3.63) is 24.2 Å². The van der Waals surface area contributed by atoms with Gasteiger partial charge in [0, 0.05) is 19.0 Å². The summed E-state index contributed by atoms with van der Waals surface area (Å²) in [4.78, 5) is 0. The normalized spacial score (nSPS) is 20.1. The number of hydrogen-bond acceptors (Lipinski definition) is 3. The van der Waals surface area contributed by atoms with Gasteiger partial charge in [0.25, 0.3) is 0 Å². The summed E-state index contributed by atoms with van der Waals surface area (Å²) in [5.41, 5.74) is 0. The van der Waals surface area contributed by atoms with Gasteiger partial charge in [-0.05, 0) is 37.8 Å². The molecule has 0 aromatic carbocycles. The second-order valence-electron chi connectivity index (χ2n) is 4.50. The van der Waals surface area contributed by atoms with Gasteiger partial charge in [0.05, 0.1) is 12.4 Å². The maximum atomic E-state index is 9.68. The van der Waals surface area contributed by atoms with Crippen molar-refractivity contribution in [2.24, 2.45) is 5.92 Å². The molecule has 84 valence electrons. The van der Waals surface area contributed by atoms with Crippen molar-refractivity contribution < 1.29 is 9.52 Å². The van der Waals surface area contributed by atoms with Gasteiger partial charge in [-0.2, -0.15) is 0 Å². The molecule has 1 fully saturated rings. The van der Waals surface area contributed by atoms with Crippen LogP contribution < -0.4 is 5.32 Å². The van der Waals surface area contributed by atoms with E-state index in [2.05, 4.69) is 12.2 Å². The van der Waals surface area contributed by atoms with Gasteiger partial charge in [-0.1, -0.05) is 0 Å². The summed E-state index contributed by atoms with van der Waals surface area (Å²) in [7, 11) is 0. The number of furan rings is 1. The highest BCUT2D eigenvalue weighted by atomic mass is 16.3. The molecule has 1 aliphatic rings. The van der Waals surface area contributed by atoms with Crippen LogP contribution in [0.25, 0.3) is 0 Å². The first-order chi connectivity index (χ1) is 7.25. The van der Waals surface area contributed by atoms with Crippen molar-refractivity contribution >= 4 is 0 Å². The van der Waals surface area contributed by atoms with E-state index in [0.29, 0.717) is 18.5 Å². The van der Waals surface area contributed by atoms with Crippen LogP contribution >= 0.6 is 0 Å². The summed E-state index contributed by atoms with van der Waals surface area (Å²) in [5, 5.41) is 13.0. The zero-order valence-electron chi connectivity index (χ0n) is 9.15. The molecule has 2 atom stereocenters. The Bertz CT molecular complexity index is 280. The van der Waals surface area contributed by atoms with Crippen LogP contribution in [0.1, 0.15) is 25.5 Å². The van der Waals surface area contributed by atoms with Crippen LogP contribution in [0.4, 0.5) is 0 Å². The minimum atomic E-state index is -0.163. The Hall–Kier alpha value is -0.800. The molecule has 0 aliphatic heterocycles. The zero-order valence-corrected chi connectivity index (χ0v) is 9.15. The Morgan fingerprint density at radius 2 is 2.40 bits per heavy atom. The van der Waals surface area contributed by atoms with Gasteiger partial charge < -0.3 is 14.8 Å². The maximum Gasteiger partial charge on any atom is 0.105 e. The van der Waals surface area contributed by atoms with Crippen molar-refractivity contribution in [3.63, 3.8) is 0 Å². The lowest BCUT2D eigenvalue weighted by molar-refractivity contribution is 0.145. The van der Waals surface area contributed by atoms with E-state index in [1.54, 1.807) is 6.26 Å². The van der Waals surface area contributed by atoms with Gasteiger partial charge in [0.15, 0.2) is 0 Å². The highest BCUT2D eigenvalue weighted by Gasteiger charge is 2.29. The number of aliphatic hydroxyl groups is 1. The lowest BCUT2D eigenvalue weighted by atomic mass is 10.1. The quantitative estimate of drug-likeness (QED) is 0.747. The average molecular weight is 209 g/mol. The third-order valence-corrected chi connectivity index (χ3v) is 2.93. The van der Waals surface area contributed by atoms with Crippen LogP contribution in [-0.2, 0) is 6.42 Å². The van der Waals surface area contributed by atoms with Crippen LogP contribution in [0.5, 0.6) is 0 Å². The van der Waals surface area contributed by atoms with E-state index >= 15 is 0 Å². The fourth-order valence-corrected chi connectivity index (χ4v) is 1.77. The predicted octanol–water partition coefficient (Wildman–Crippen LogP) is 1.57. The molecule has 2 unspecified atom stereocenters. The second-order valence-corrected chi connectivity index (χ2v) is 4.50. The van der Waals surface area contributed by atoms with E-state index in [1.165, 1.54) is 12.8 Å².